The summed E-state index contributed by atoms with van der Waals surface area (Å²) in [5, 5.41) is 15.2. The third-order valence-electron chi connectivity index (χ3n) is 3.47. The van der Waals surface area contributed by atoms with Crippen molar-refractivity contribution in [2.45, 2.75) is 6.92 Å². The van der Waals surface area contributed by atoms with Gasteiger partial charge in [0.2, 0.25) is 5.75 Å². The lowest BCUT2D eigenvalue weighted by molar-refractivity contribution is -0.385. The number of nitro groups is 1. The minimum atomic E-state index is -0.708. The van der Waals surface area contributed by atoms with Crippen molar-refractivity contribution in [2.75, 3.05) is 13.7 Å². The van der Waals surface area contributed by atoms with Gasteiger partial charge in [0.1, 0.15) is 5.75 Å². The second-order valence-corrected chi connectivity index (χ2v) is 8.29. The van der Waals surface area contributed by atoms with Crippen LogP contribution in [0.25, 0.3) is 0 Å². The van der Waals surface area contributed by atoms with Crippen LogP contribution in [0.5, 0.6) is 17.2 Å². The van der Waals surface area contributed by atoms with Gasteiger partial charge in [0.05, 0.1) is 32.8 Å². The van der Waals surface area contributed by atoms with E-state index in [1.54, 1.807) is 12.1 Å². The van der Waals surface area contributed by atoms with Crippen molar-refractivity contribution < 1.29 is 28.7 Å². The van der Waals surface area contributed by atoms with E-state index in [9.17, 15) is 19.7 Å². The van der Waals surface area contributed by atoms with Crippen LogP contribution in [0.1, 0.15) is 12.5 Å². The van der Waals surface area contributed by atoms with Gasteiger partial charge in [-0.05, 0) is 56.1 Å². The van der Waals surface area contributed by atoms with Gasteiger partial charge in [0.25, 0.3) is 5.91 Å². The number of amides is 1. The lowest BCUT2D eigenvalue weighted by atomic mass is 10.1. The lowest BCUT2D eigenvalue weighted by Crippen LogP contribution is -2.24. The molecule has 1 amide bonds. The highest BCUT2D eigenvalue weighted by Crippen LogP contribution is 2.39. The van der Waals surface area contributed by atoms with Gasteiger partial charge >= 0.3 is 11.7 Å². The fraction of sp³-hybridized carbons (Fsp3) is 0.167. The second kappa shape index (κ2) is 11.2. The number of esters is 1. The summed E-state index contributed by atoms with van der Waals surface area (Å²) in [6, 6.07) is 6.13. The van der Waals surface area contributed by atoms with E-state index >= 15 is 0 Å². The Kier molecular flexibility index (Phi) is 8.95. The molecule has 2 aromatic carbocycles. The normalized spacial score (nSPS) is 10.6. The molecule has 0 aliphatic heterocycles. The number of nitro benzene ring substituents is 1. The summed E-state index contributed by atoms with van der Waals surface area (Å²) in [7, 11) is 1.20. The molecular formula is C18H14Br3N3O7. The predicted octanol–water partition coefficient (Wildman–Crippen LogP) is 4.35. The van der Waals surface area contributed by atoms with E-state index in [4.69, 9.17) is 14.2 Å². The standard InChI is InChI=1S/C18H14Br3N3O7/c1-9(25)31-14-4-3-10(16(24(27)28)18(14)29-2)7-22-23-15(26)8-30-17-12(20)5-11(19)6-13(17)21/h3-7H,8H2,1-2H3,(H,23,26)/b22-7+. The van der Waals surface area contributed by atoms with E-state index in [1.807, 2.05) is 0 Å². The lowest BCUT2D eigenvalue weighted by Gasteiger charge is -2.10. The topological polar surface area (TPSA) is 129 Å². The predicted molar refractivity (Wildman–Crippen MR) is 122 cm³/mol. The molecule has 2 aromatic rings. The summed E-state index contributed by atoms with van der Waals surface area (Å²) >= 11 is 10.00. The molecule has 0 saturated heterocycles. The molecule has 0 aromatic heterocycles. The van der Waals surface area contributed by atoms with Crippen molar-refractivity contribution in [1.29, 1.82) is 0 Å². The Bertz CT molecular complexity index is 1040. The van der Waals surface area contributed by atoms with Crippen LogP contribution >= 0.6 is 47.8 Å². The zero-order chi connectivity index (χ0) is 23.1. The number of benzene rings is 2. The highest BCUT2D eigenvalue weighted by molar-refractivity contribution is 9.11. The zero-order valence-corrected chi connectivity index (χ0v) is 20.7. The third kappa shape index (κ3) is 6.74. The van der Waals surface area contributed by atoms with Gasteiger partial charge in [-0.2, -0.15) is 5.10 Å². The molecule has 0 radical (unpaired) electrons. The molecule has 0 bridgehead atoms. The molecule has 13 heteroatoms. The van der Waals surface area contributed by atoms with Crippen molar-refractivity contribution >= 4 is 71.6 Å². The van der Waals surface area contributed by atoms with Crippen LogP contribution in [0.3, 0.4) is 0 Å². The molecule has 2 rings (SSSR count). The van der Waals surface area contributed by atoms with Crippen LogP contribution in [0, 0.1) is 10.1 Å². The van der Waals surface area contributed by atoms with E-state index in [-0.39, 0.29) is 23.7 Å². The van der Waals surface area contributed by atoms with E-state index in [0.717, 1.165) is 17.6 Å². The number of rotatable bonds is 8. The quantitative estimate of drug-likeness (QED) is 0.152. The molecule has 0 unspecified atom stereocenters. The maximum Gasteiger partial charge on any atom is 0.323 e. The summed E-state index contributed by atoms with van der Waals surface area (Å²) in [6.07, 6.45) is 1.07. The number of methoxy groups -OCH3 is 1. The Balaban J connectivity index is 2.12. The molecule has 1 N–H and O–H groups in total. The molecule has 31 heavy (non-hydrogen) atoms. The average Bonchev–Trinajstić information content (AvgIpc) is 2.67. The Morgan fingerprint density at radius 1 is 1.19 bits per heavy atom. The highest BCUT2D eigenvalue weighted by atomic mass is 79.9. The van der Waals surface area contributed by atoms with E-state index in [2.05, 4.69) is 58.3 Å². The third-order valence-corrected chi connectivity index (χ3v) is 5.11. The van der Waals surface area contributed by atoms with E-state index < -0.39 is 22.5 Å². The molecule has 0 spiro atoms. The minimum absolute atomic E-state index is 0.0253. The Labute approximate surface area is 201 Å². The largest absolute Gasteiger partial charge is 0.488 e. The van der Waals surface area contributed by atoms with Crippen LogP contribution in [0.15, 0.2) is 42.8 Å². The van der Waals surface area contributed by atoms with Gasteiger partial charge < -0.3 is 14.2 Å². The Morgan fingerprint density at radius 3 is 2.39 bits per heavy atom. The van der Waals surface area contributed by atoms with Gasteiger partial charge in [0.15, 0.2) is 12.4 Å². The number of hydrazone groups is 1. The fourth-order valence-corrected chi connectivity index (χ4v) is 4.79. The molecule has 0 fully saturated rings. The summed E-state index contributed by atoms with van der Waals surface area (Å²) in [5.41, 5.74) is 1.77. The molecule has 0 saturated carbocycles. The molecule has 0 atom stereocenters. The van der Waals surface area contributed by atoms with Gasteiger partial charge in [-0.3, -0.25) is 19.7 Å². The molecule has 0 aliphatic rings. The number of nitrogens with one attached hydrogen (secondary N) is 1. The van der Waals surface area contributed by atoms with Gasteiger partial charge in [-0.15, -0.1) is 0 Å². The number of carbonyl (C=O) groups is 2. The molecular weight excluding hydrogens is 610 g/mol. The number of nitrogens with zero attached hydrogens (tertiary/aromatic N) is 2. The summed E-state index contributed by atoms with van der Waals surface area (Å²) in [6.45, 7) is 0.802. The van der Waals surface area contributed by atoms with Crippen LogP contribution in [0.2, 0.25) is 0 Å². The van der Waals surface area contributed by atoms with Crippen molar-refractivity contribution in [3.8, 4) is 17.2 Å². The number of ether oxygens (including phenoxy) is 3. The SMILES string of the molecule is COc1c(OC(C)=O)ccc(/C=N/NC(=O)COc2c(Br)cc(Br)cc2Br)c1[N+](=O)[O-]. The summed E-state index contributed by atoms with van der Waals surface area (Å²) in [5.74, 6) is -1.19. The number of carbonyl (C=O) groups excluding carboxylic acids is 2. The fourth-order valence-electron chi connectivity index (χ4n) is 2.30. The zero-order valence-electron chi connectivity index (χ0n) is 16.0. The van der Waals surface area contributed by atoms with Crippen LogP contribution in [-0.2, 0) is 9.59 Å². The van der Waals surface area contributed by atoms with Crippen molar-refractivity contribution in [3.63, 3.8) is 0 Å². The summed E-state index contributed by atoms with van der Waals surface area (Å²) < 4.78 is 17.5. The first kappa shape index (κ1) is 24.8. The van der Waals surface area contributed by atoms with Gasteiger partial charge in [-0.25, -0.2) is 5.43 Å². The van der Waals surface area contributed by atoms with Crippen LogP contribution in [0.4, 0.5) is 5.69 Å². The summed E-state index contributed by atoms with van der Waals surface area (Å²) in [4.78, 5) is 34.0. The smallest absolute Gasteiger partial charge is 0.323 e. The van der Waals surface area contributed by atoms with E-state index in [0.29, 0.717) is 14.7 Å². The van der Waals surface area contributed by atoms with Crippen molar-refractivity contribution in [2.24, 2.45) is 5.10 Å². The maximum absolute atomic E-state index is 12.0. The van der Waals surface area contributed by atoms with Crippen LogP contribution in [-0.4, -0.2) is 36.7 Å². The number of hydrogen-bond acceptors (Lipinski definition) is 8. The van der Waals surface area contributed by atoms with E-state index in [1.165, 1.54) is 19.2 Å². The Hall–Kier alpha value is -2.51. The highest BCUT2D eigenvalue weighted by Gasteiger charge is 2.25. The first-order valence-corrected chi connectivity index (χ1v) is 10.6. The molecule has 164 valence electrons. The maximum atomic E-state index is 12.0. The van der Waals surface area contributed by atoms with Crippen molar-refractivity contribution in [3.05, 3.63) is 53.4 Å². The first-order chi connectivity index (χ1) is 14.6. The Morgan fingerprint density at radius 2 is 1.84 bits per heavy atom. The van der Waals surface area contributed by atoms with Crippen LogP contribution < -0.4 is 19.6 Å². The molecule has 0 aliphatic carbocycles. The molecule has 10 nitrogen and oxygen atoms in total. The second-order valence-electron chi connectivity index (χ2n) is 5.67. The number of hydrogen-bond donors (Lipinski definition) is 1. The van der Waals surface area contributed by atoms with Gasteiger partial charge in [0, 0.05) is 11.4 Å². The van der Waals surface area contributed by atoms with Crippen molar-refractivity contribution in [1.82, 2.24) is 5.43 Å². The first-order valence-electron chi connectivity index (χ1n) is 8.27. The monoisotopic (exact) mass is 621 g/mol. The minimum Gasteiger partial charge on any atom is -0.488 e. The average molecular weight is 624 g/mol. The number of halogens is 3. The molecule has 0 heterocycles. The van der Waals surface area contributed by atoms with Gasteiger partial charge in [-0.1, -0.05) is 15.9 Å².